The zero-order chi connectivity index (χ0) is 18.9. The third-order valence-corrected chi connectivity index (χ3v) is 5.40. The summed E-state index contributed by atoms with van der Waals surface area (Å²) in [5, 5.41) is 3.56. The molecule has 1 atom stereocenters. The fourth-order valence-corrected chi connectivity index (χ4v) is 3.88. The molecule has 0 radical (unpaired) electrons. The zero-order valence-electron chi connectivity index (χ0n) is 17.2. The quantitative estimate of drug-likeness (QED) is 0.269. The van der Waals surface area contributed by atoms with Gasteiger partial charge in [0.1, 0.15) is 0 Å². The molecule has 1 aromatic carbocycles. The molecule has 2 saturated heterocycles. The molecule has 6 nitrogen and oxygen atoms in total. The van der Waals surface area contributed by atoms with Crippen LogP contribution in [0.5, 0.6) is 0 Å². The number of nitrogens with zero attached hydrogens (tertiary/aromatic N) is 3. The number of guanidine groups is 1. The van der Waals surface area contributed by atoms with Gasteiger partial charge < -0.3 is 19.7 Å². The first-order valence-corrected chi connectivity index (χ1v) is 10.2. The van der Waals surface area contributed by atoms with Crippen LogP contribution in [0.15, 0.2) is 29.3 Å². The maximum absolute atomic E-state index is 5.74. The topological polar surface area (TPSA) is 49.3 Å². The summed E-state index contributed by atoms with van der Waals surface area (Å²) in [6.45, 7) is 10.3. The monoisotopic (exact) mass is 502 g/mol. The van der Waals surface area contributed by atoms with Gasteiger partial charge in [0.15, 0.2) is 5.96 Å². The van der Waals surface area contributed by atoms with Gasteiger partial charge in [0.2, 0.25) is 0 Å². The zero-order valence-corrected chi connectivity index (χ0v) is 19.6. The van der Waals surface area contributed by atoms with Crippen molar-refractivity contribution in [3.05, 3.63) is 35.4 Å². The van der Waals surface area contributed by atoms with Crippen molar-refractivity contribution in [2.45, 2.75) is 39.0 Å². The van der Waals surface area contributed by atoms with Crippen molar-refractivity contribution in [3.8, 4) is 0 Å². The van der Waals surface area contributed by atoms with Crippen molar-refractivity contribution < 1.29 is 9.47 Å². The summed E-state index contributed by atoms with van der Waals surface area (Å²) in [5.41, 5.74) is 2.53. The van der Waals surface area contributed by atoms with Crippen LogP contribution in [-0.4, -0.2) is 74.8 Å². The Balaban J connectivity index is 0.00000280. The summed E-state index contributed by atoms with van der Waals surface area (Å²) in [6, 6.07) is 9.11. The van der Waals surface area contributed by atoms with Gasteiger partial charge in [-0.2, -0.15) is 0 Å². The highest BCUT2D eigenvalue weighted by atomic mass is 127. The van der Waals surface area contributed by atoms with Crippen LogP contribution in [0, 0.1) is 0 Å². The van der Waals surface area contributed by atoms with Crippen LogP contribution in [0.4, 0.5) is 0 Å². The first-order valence-electron chi connectivity index (χ1n) is 10.2. The molecule has 2 heterocycles. The van der Waals surface area contributed by atoms with E-state index >= 15 is 0 Å². The van der Waals surface area contributed by atoms with Crippen molar-refractivity contribution in [2.24, 2.45) is 4.99 Å². The Hall–Kier alpha value is -0.900. The number of likely N-dealkylation sites (tertiary alicyclic amines) is 1. The highest BCUT2D eigenvalue weighted by Gasteiger charge is 2.30. The number of hydrogen-bond donors (Lipinski definition) is 1. The molecule has 2 aliphatic heterocycles. The smallest absolute Gasteiger partial charge is 0.193 e. The van der Waals surface area contributed by atoms with Crippen LogP contribution in [-0.2, 0) is 22.6 Å². The summed E-state index contributed by atoms with van der Waals surface area (Å²) in [5.74, 6) is 0.995. The number of hydrogen-bond acceptors (Lipinski definition) is 4. The van der Waals surface area contributed by atoms with Crippen molar-refractivity contribution >= 4 is 29.9 Å². The van der Waals surface area contributed by atoms with Gasteiger partial charge in [-0.15, -0.1) is 24.0 Å². The molecule has 0 saturated carbocycles. The van der Waals surface area contributed by atoms with Crippen LogP contribution in [0.25, 0.3) is 0 Å². The molecule has 158 valence electrons. The Morgan fingerprint density at radius 1 is 1.21 bits per heavy atom. The molecule has 3 rings (SSSR count). The lowest BCUT2D eigenvalue weighted by Gasteiger charge is -2.32. The number of benzene rings is 1. The predicted molar refractivity (Wildman–Crippen MR) is 124 cm³/mol. The lowest BCUT2D eigenvalue weighted by molar-refractivity contribution is 0.0195. The summed E-state index contributed by atoms with van der Waals surface area (Å²) >= 11 is 0. The maximum Gasteiger partial charge on any atom is 0.193 e. The molecule has 1 unspecified atom stereocenters. The highest BCUT2D eigenvalue weighted by Crippen LogP contribution is 2.17. The third-order valence-electron chi connectivity index (χ3n) is 5.40. The summed E-state index contributed by atoms with van der Waals surface area (Å²) in [6.07, 6.45) is 2.24. The minimum absolute atomic E-state index is 0. The van der Waals surface area contributed by atoms with E-state index in [0.717, 1.165) is 64.9 Å². The van der Waals surface area contributed by atoms with Crippen LogP contribution in [0.3, 0.4) is 0 Å². The van der Waals surface area contributed by atoms with Gasteiger partial charge in [-0.3, -0.25) is 9.89 Å². The van der Waals surface area contributed by atoms with E-state index in [-0.39, 0.29) is 24.0 Å². The maximum atomic E-state index is 5.74. The number of ether oxygens (including phenoxy) is 2. The van der Waals surface area contributed by atoms with E-state index in [4.69, 9.17) is 9.47 Å². The van der Waals surface area contributed by atoms with Crippen LogP contribution >= 0.6 is 24.0 Å². The van der Waals surface area contributed by atoms with E-state index in [2.05, 4.69) is 51.3 Å². The number of nitrogens with one attached hydrogen (secondary N) is 1. The van der Waals surface area contributed by atoms with E-state index in [1.807, 2.05) is 7.05 Å². The SMILES string of the molecule is CCCOCc1ccccc1CNC(=NC)N1CCC(N2CCOCC2)C1.I. The Bertz CT molecular complexity index is 608. The summed E-state index contributed by atoms with van der Waals surface area (Å²) in [7, 11) is 1.88. The summed E-state index contributed by atoms with van der Waals surface area (Å²) in [4.78, 5) is 9.48. The van der Waals surface area contributed by atoms with Gasteiger partial charge in [0, 0.05) is 52.4 Å². The molecule has 0 spiro atoms. The van der Waals surface area contributed by atoms with Crippen molar-refractivity contribution in [1.82, 2.24) is 15.1 Å². The average molecular weight is 502 g/mol. The standard InChI is InChI=1S/C21H34N4O2.HI/c1-3-12-27-17-19-7-5-4-6-18(19)15-23-21(22-2)25-9-8-20(16-25)24-10-13-26-14-11-24;/h4-7,20H,3,8-17H2,1-2H3,(H,22,23);1H. The Morgan fingerprint density at radius 3 is 2.68 bits per heavy atom. The number of aliphatic imine (C=N–C) groups is 1. The van der Waals surface area contributed by atoms with E-state index in [9.17, 15) is 0 Å². The van der Waals surface area contributed by atoms with E-state index in [1.54, 1.807) is 0 Å². The van der Waals surface area contributed by atoms with Crippen molar-refractivity contribution in [1.29, 1.82) is 0 Å². The molecule has 2 fully saturated rings. The third kappa shape index (κ3) is 6.57. The van der Waals surface area contributed by atoms with Gasteiger partial charge in [-0.1, -0.05) is 31.2 Å². The van der Waals surface area contributed by atoms with Crippen LogP contribution in [0.2, 0.25) is 0 Å². The molecule has 28 heavy (non-hydrogen) atoms. The second-order valence-corrected chi connectivity index (χ2v) is 7.26. The number of rotatable bonds is 7. The van der Waals surface area contributed by atoms with Gasteiger partial charge in [-0.05, 0) is 24.0 Å². The summed E-state index contributed by atoms with van der Waals surface area (Å²) < 4.78 is 11.2. The molecule has 7 heteroatoms. The van der Waals surface area contributed by atoms with Crippen LogP contribution in [0.1, 0.15) is 30.9 Å². The first-order chi connectivity index (χ1) is 13.3. The fraction of sp³-hybridized carbons (Fsp3) is 0.667. The largest absolute Gasteiger partial charge is 0.379 e. The molecule has 2 aliphatic rings. The molecule has 1 N–H and O–H groups in total. The fourth-order valence-electron chi connectivity index (χ4n) is 3.88. The average Bonchev–Trinajstić information content (AvgIpc) is 3.20. The normalized spacial score (nSPS) is 20.9. The molecule has 0 aromatic heterocycles. The van der Waals surface area contributed by atoms with Gasteiger partial charge in [0.25, 0.3) is 0 Å². The van der Waals surface area contributed by atoms with Crippen LogP contribution < -0.4 is 5.32 Å². The lowest BCUT2D eigenvalue weighted by Crippen LogP contribution is -2.46. The van der Waals surface area contributed by atoms with Gasteiger partial charge in [0.05, 0.1) is 19.8 Å². The number of morpholine rings is 1. The minimum Gasteiger partial charge on any atom is -0.379 e. The lowest BCUT2D eigenvalue weighted by atomic mass is 10.1. The van der Waals surface area contributed by atoms with Gasteiger partial charge >= 0.3 is 0 Å². The van der Waals surface area contributed by atoms with Crippen molar-refractivity contribution in [2.75, 3.05) is 53.0 Å². The van der Waals surface area contributed by atoms with Gasteiger partial charge in [-0.25, -0.2) is 0 Å². The molecule has 0 amide bonds. The van der Waals surface area contributed by atoms with E-state index in [1.165, 1.54) is 17.5 Å². The predicted octanol–water partition coefficient (Wildman–Crippen LogP) is 2.71. The Morgan fingerprint density at radius 2 is 1.96 bits per heavy atom. The van der Waals surface area contributed by atoms with E-state index < -0.39 is 0 Å². The second kappa shape index (κ2) is 12.6. The molecule has 0 aliphatic carbocycles. The molecular formula is C21H35IN4O2. The Labute approximate surface area is 186 Å². The number of halogens is 1. The second-order valence-electron chi connectivity index (χ2n) is 7.26. The first kappa shape index (κ1) is 23.4. The van der Waals surface area contributed by atoms with Crippen molar-refractivity contribution in [3.63, 3.8) is 0 Å². The molecule has 1 aromatic rings. The highest BCUT2D eigenvalue weighted by molar-refractivity contribution is 14.0. The Kier molecular flexibility index (Phi) is 10.5. The minimum atomic E-state index is 0. The molecular weight excluding hydrogens is 467 g/mol. The van der Waals surface area contributed by atoms with E-state index in [0.29, 0.717) is 12.6 Å². The molecule has 0 bridgehead atoms.